The molecule has 1 saturated heterocycles. The quantitative estimate of drug-likeness (QED) is 0.598. The Morgan fingerprint density at radius 3 is 2.57 bits per heavy atom. The monoisotopic (exact) mass is 193 g/mol. The molecule has 14 heavy (non-hydrogen) atoms. The lowest BCUT2D eigenvalue weighted by molar-refractivity contribution is -0.113. The van der Waals surface area contributed by atoms with E-state index in [0.717, 1.165) is 19.4 Å². The minimum atomic E-state index is 0.278. The molecule has 3 aliphatic rings. The van der Waals surface area contributed by atoms with Gasteiger partial charge in [-0.1, -0.05) is 11.1 Å². The summed E-state index contributed by atoms with van der Waals surface area (Å²) in [5, 5.41) is 0. The maximum absolute atomic E-state index is 5.91. The van der Waals surface area contributed by atoms with Crippen molar-refractivity contribution in [2.24, 2.45) is 5.73 Å². The van der Waals surface area contributed by atoms with Crippen molar-refractivity contribution in [3.8, 4) is 0 Å². The molecule has 1 aliphatic heterocycles. The van der Waals surface area contributed by atoms with Gasteiger partial charge in [0.15, 0.2) is 0 Å². The lowest BCUT2D eigenvalue weighted by Gasteiger charge is -2.46. The lowest BCUT2D eigenvalue weighted by atomic mass is 9.71. The van der Waals surface area contributed by atoms with Gasteiger partial charge in [0, 0.05) is 6.04 Å². The van der Waals surface area contributed by atoms with Crippen LogP contribution < -0.4 is 5.73 Å². The minimum absolute atomic E-state index is 0.278. The molecule has 0 bridgehead atoms. The molecule has 0 amide bonds. The summed E-state index contributed by atoms with van der Waals surface area (Å²) in [6, 6.07) is 0.456. The van der Waals surface area contributed by atoms with E-state index in [0.29, 0.717) is 6.04 Å². The molecule has 0 radical (unpaired) electrons. The molecule has 3 fully saturated rings. The van der Waals surface area contributed by atoms with Crippen LogP contribution in [0.15, 0.2) is 11.1 Å². The number of hydrogen-bond donors (Lipinski definition) is 1. The second-order valence-electron chi connectivity index (χ2n) is 5.19. The Morgan fingerprint density at radius 1 is 1.21 bits per heavy atom. The van der Waals surface area contributed by atoms with Crippen LogP contribution in [0.4, 0.5) is 0 Å². The zero-order valence-electron chi connectivity index (χ0n) is 8.72. The van der Waals surface area contributed by atoms with Gasteiger partial charge in [0.25, 0.3) is 0 Å². The summed E-state index contributed by atoms with van der Waals surface area (Å²) in [7, 11) is 0. The highest BCUT2D eigenvalue weighted by atomic mass is 16.5. The van der Waals surface area contributed by atoms with Crippen molar-refractivity contribution in [2.75, 3.05) is 6.61 Å². The Morgan fingerprint density at radius 2 is 2.00 bits per heavy atom. The molecule has 2 nitrogen and oxygen atoms in total. The molecule has 3 rings (SSSR count). The highest BCUT2D eigenvalue weighted by Crippen LogP contribution is 2.46. The van der Waals surface area contributed by atoms with Gasteiger partial charge in [-0.2, -0.15) is 0 Å². The van der Waals surface area contributed by atoms with Gasteiger partial charge in [-0.05, 0) is 44.9 Å². The van der Waals surface area contributed by atoms with Crippen molar-refractivity contribution < 1.29 is 4.74 Å². The highest BCUT2D eigenvalue weighted by molar-refractivity contribution is 5.26. The van der Waals surface area contributed by atoms with Crippen molar-refractivity contribution in [3.05, 3.63) is 11.1 Å². The fraction of sp³-hybridized carbons (Fsp3) is 0.833. The third-order valence-corrected chi connectivity index (χ3v) is 4.13. The van der Waals surface area contributed by atoms with Crippen molar-refractivity contribution in [1.29, 1.82) is 0 Å². The molecule has 2 saturated carbocycles. The largest absolute Gasteiger partial charge is 0.374 e. The van der Waals surface area contributed by atoms with Crippen LogP contribution in [-0.2, 0) is 4.74 Å². The van der Waals surface area contributed by atoms with Crippen molar-refractivity contribution in [2.45, 2.75) is 56.6 Å². The summed E-state index contributed by atoms with van der Waals surface area (Å²) in [6.45, 7) is 0.952. The Hall–Kier alpha value is -0.340. The topological polar surface area (TPSA) is 35.2 Å². The molecule has 0 atom stereocenters. The van der Waals surface area contributed by atoms with E-state index in [1.54, 1.807) is 11.1 Å². The van der Waals surface area contributed by atoms with Gasteiger partial charge in [-0.15, -0.1) is 0 Å². The molecular formula is C12H19NO. The van der Waals surface area contributed by atoms with Crippen molar-refractivity contribution >= 4 is 0 Å². The smallest absolute Gasteiger partial charge is 0.0719 e. The van der Waals surface area contributed by atoms with Crippen molar-refractivity contribution in [3.63, 3.8) is 0 Å². The van der Waals surface area contributed by atoms with Crippen LogP contribution >= 0.6 is 0 Å². The van der Waals surface area contributed by atoms with Crippen LogP contribution in [0.3, 0.4) is 0 Å². The SMILES string of the molecule is NC1CC(=C2CCOC3(CCC3)C2)C1. The van der Waals surface area contributed by atoms with E-state index in [9.17, 15) is 0 Å². The first kappa shape index (κ1) is 8.93. The predicted molar refractivity (Wildman–Crippen MR) is 56.0 cm³/mol. The number of nitrogens with two attached hydrogens (primary N) is 1. The first-order valence-corrected chi connectivity index (χ1v) is 5.87. The van der Waals surface area contributed by atoms with Crippen LogP contribution in [0, 0.1) is 0 Å². The van der Waals surface area contributed by atoms with Crippen LogP contribution in [0.1, 0.15) is 44.9 Å². The summed E-state index contributed by atoms with van der Waals surface area (Å²) < 4.78 is 5.91. The van der Waals surface area contributed by atoms with E-state index < -0.39 is 0 Å². The number of rotatable bonds is 0. The van der Waals surface area contributed by atoms with Gasteiger partial charge in [-0.3, -0.25) is 0 Å². The molecule has 2 heteroatoms. The van der Waals surface area contributed by atoms with Crippen LogP contribution in [-0.4, -0.2) is 18.2 Å². The highest BCUT2D eigenvalue weighted by Gasteiger charge is 2.41. The molecule has 1 spiro atoms. The third-order valence-electron chi connectivity index (χ3n) is 4.13. The Labute approximate surface area is 85.5 Å². The molecule has 1 heterocycles. The number of ether oxygens (including phenoxy) is 1. The standard InChI is InChI=1S/C12H19NO/c13-11-6-10(7-11)9-2-5-14-12(8-9)3-1-4-12/h11H,1-8,13H2. The van der Waals surface area contributed by atoms with Crippen LogP contribution in [0.2, 0.25) is 0 Å². The van der Waals surface area contributed by atoms with Crippen LogP contribution in [0.5, 0.6) is 0 Å². The molecule has 0 unspecified atom stereocenters. The fourth-order valence-electron chi connectivity index (χ4n) is 2.97. The number of hydrogen-bond acceptors (Lipinski definition) is 2. The summed E-state index contributed by atoms with van der Waals surface area (Å²) in [4.78, 5) is 0. The minimum Gasteiger partial charge on any atom is -0.374 e. The zero-order valence-corrected chi connectivity index (χ0v) is 8.72. The second-order valence-corrected chi connectivity index (χ2v) is 5.19. The molecule has 0 aromatic rings. The second kappa shape index (κ2) is 3.07. The van der Waals surface area contributed by atoms with E-state index in [1.165, 1.54) is 32.1 Å². The summed E-state index contributed by atoms with van der Waals surface area (Å²) in [5.41, 5.74) is 9.45. The Balaban J connectivity index is 1.72. The van der Waals surface area contributed by atoms with Crippen molar-refractivity contribution in [1.82, 2.24) is 0 Å². The lowest BCUT2D eigenvalue weighted by Crippen LogP contribution is -2.44. The zero-order chi connectivity index (χ0) is 9.60. The van der Waals surface area contributed by atoms with Gasteiger partial charge in [0.2, 0.25) is 0 Å². The maximum Gasteiger partial charge on any atom is 0.0719 e. The van der Waals surface area contributed by atoms with E-state index in [4.69, 9.17) is 10.5 Å². The Bertz CT molecular complexity index is 270. The van der Waals surface area contributed by atoms with E-state index in [2.05, 4.69) is 0 Å². The first-order chi connectivity index (χ1) is 6.77. The normalized spacial score (nSPS) is 35.4. The first-order valence-electron chi connectivity index (χ1n) is 5.87. The molecule has 2 N–H and O–H groups in total. The van der Waals surface area contributed by atoms with Gasteiger partial charge < -0.3 is 10.5 Å². The third kappa shape index (κ3) is 1.32. The molecule has 78 valence electrons. The van der Waals surface area contributed by atoms with E-state index >= 15 is 0 Å². The molecular weight excluding hydrogens is 174 g/mol. The van der Waals surface area contributed by atoms with Gasteiger partial charge in [0.05, 0.1) is 12.2 Å². The predicted octanol–water partition coefficient (Wildman–Crippen LogP) is 2.14. The van der Waals surface area contributed by atoms with Gasteiger partial charge >= 0.3 is 0 Å². The van der Waals surface area contributed by atoms with E-state index in [1.807, 2.05) is 0 Å². The summed E-state index contributed by atoms with van der Waals surface area (Å²) >= 11 is 0. The summed E-state index contributed by atoms with van der Waals surface area (Å²) in [6.07, 6.45) is 8.64. The molecule has 2 aliphatic carbocycles. The van der Waals surface area contributed by atoms with Crippen LogP contribution in [0.25, 0.3) is 0 Å². The summed E-state index contributed by atoms with van der Waals surface area (Å²) in [5.74, 6) is 0. The van der Waals surface area contributed by atoms with E-state index in [-0.39, 0.29) is 5.60 Å². The van der Waals surface area contributed by atoms with Gasteiger partial charge in [-0.25, -0.2) is 0 Å². The average Bonchev–Trinajstić information content (AvgIpc) is 2.11. The average molecular weight is 193 g/mol. The van der Waals surface area contributed by atoms with Gasteiger partial charge in [0.1, 0.15) is 0 Å². The molecule has 0 aromatic carbocycles. The fourth-order valence-corrected chi connectivity index (χ4v) is 2.97. The maximum atomic E-state index is 5.91. The Kier molecular flexibility index (Phi) is 1.96. The molecule has 0 aromatic heterocycles.